The van der Waals surface area contributed by atoms with Crippen molar-refractivity contribution < 1.29 is 14.9 Å². The van der Waals surface area contributed by atoms with Crippen LogP contribution in [0.4, 0.5) is 5.95 Å². The van der Waals surface area contributed by atoms with Gasteiger partial charge in [0.1, 0.15) is 12.2 Å². The van der Waals surface area contributed by atoms with Gasteiger partial charge in [-0.05, 0) is 17.7 Å². The molecule has 4 atom stereocenters. The quantitative estimate of drug-likeness (QED) is 0.432. The van der Waals surface area contributed by atoms with E-state index in [0.29, 0.717) is 0 Å². The van der Waals surface area contributed by atoms with Crippen LogP contribution in [0.2, 0.25) is 0 Å². The summed E-state index contributed by atoms with van der Waals surface area (Å²) in [6, 6.07) is 1.51. The van der Waals surface area contributed by atoms with Crippen LogP contribution in [0.25, 0.3) is 11.0 Å². The number of aromatic amines is 1. The van der Waals surface area contributed by atoms with Gasteiger partial charge in [-0.3, -0.25) is 9.78 Å². The number of halogens is 2. The van der Waals surface area contributed by atoms with Gasteiger partial charge in [0.2, 0.25) is 5.95 Å². The summed E-state index contributed by atoms with van der Waals surface area (Å²) < 4.78 is 7.02. The van der Waals surface area contributed by atoms with Gasteiger partial charge in [0.25, 0.3) is 5.56 Å². The summed E-state index contributed by atoms with van der Waals surface area (Å²) in [5.41, 5.74) is 5.35. The number of hydrogen-bond acceptors (Lipinski definition) is 6. The Morgan fingerprint density at radius 3 is 3.00 bits per heavy atom. The third kappa shape index (κ3) is 2.38. The van der Waals surface area contributed by atoms with E-state index in [2.05, 4.69) is 21.3 Å². The molecule has 5 N–H and O–H groups in total. The molecule has 1 aliphatic heterocycles. The number of fused-ring (bicyclic) bond motifs is 1. The predicted octanol–water partition coefficient (Wildman–Crippen LogP) is -0.265. The lowest BCUT2D eigenvalue weighted by atomic mass is 9.99. The summed E-state index contributed by atoms with van der Waals surface area (Å²) in [7, 11) is 0. The van der Waals surface area contributed by atoms with E-state index in [1.165, 1.54) is 16.8 Å². The Labute approximate surface area is 139 Å². The number of hydrogen-bond donors (Lipinski definition) is 4. The van der Waals surface area contributed by atoms with Crippen molar-refractivity contribution in [3.05, 3.63) is 22.6 Å². The number of rotatable bonds is 2. The number of aliphatic hydroxyl groups excluding tert-OH is 2. The summed E-state index contributed by atoms with van der Waals surface area (Å²) in [4.78, 5) is 16.7. The molecule has 0 aromatic carbocycles. The number of nitrogen functional groups attached to an aromatic ring is 1. The monoisotopic (exact) mass is 358 g/mol. The third-order valence-electron chi connectivity index (χ3n) is 3.72. The molecule has 8 nitrogen and oxygen atoms in total. The highest BCUT2D eigenvalue weighted by Gasteiger charge is 2.55. The number of nitrogens with zero attached hydrogens (tertiary/aromatic N) is 2. The van der Waals surface area contributed by atoms with Crippen LogP contribution >= 0.6 is 23.2 Å². The maximum absolute atomic E-state index is 11.9. The van der Waals surface area contributed by atoms with E-state index in [1.807, 2.05) is 0 Å². The first-order valence-corrected chi connectivity index (χ1v) is 7.30. The molecular weight excluding hydrogens is 347 g/mol. The molecule has 0 amide bonds. The molecule has 3 rings (SSSR count). The Morgan fingerprint density at radius 1 is 1.61 bits per heavy atom. The van der Waals surface area contributed by atoms with E-state index < -0.39 is 35.5 Å². The van der Waals surface area contributed by atoms with Crippen LogP contribution in [0.5, 0.6) is 0 Å². The molecule has 2 aromatic heterocycles. The van der Waals surface area contributed by atoms with Gasteiger partial charge in [-0.15, -0.1) is 0 Å². The first-order valence-electron chi connectivity index (χ1n) is 6.54. The van der Waals surface area contributed by atoms with Gasteiger partial charge in [0.05, 0.1) is 12.0 Å². The number of nitrogens with two attached hydrogens (primary N) is 1. The summed E-state index contributed by atoms with van der Waals surface area (Å²) in [6.45, 7) is -0.467. The minimum atomic E-state index is -1.62. The van der Waals surface area contributed by atoms with E-state index in [4.69, 9.17) is 33.7 Å². The molecule has 1 aliphatic rings. The lowest BCUT2D eigenvalue weighted by Gasteiger charge is -2.25. The summed E-state index contributed by atoms with van der Waals surface area (Å²) in [5.74, 6) is 2.42. The number of nitrogens with one attached hydrogen (secondary N) is 1. The Hall–Kier alpha value is -1.76. The fourth-order valence-electron chi connectivity index (χ4n) is 2.62. The Balaban J connectivity index is 2.20. The van der Waals surface area contributed by atoms with Crippen molar-refractivity contribution in [2.75, 3.05) is 12.3 Å². The molecule has 0 bridgehead atoms. The highest BCUT2D eigenvalue weighted by atomic mass is 35.5. The minimum absolute atomic E-state index is 0.0803. The van der Waals surface area contributed by atoms with E-state index in [-0.39, 0.29) is 17.0 Å². The van der Waals surface area contributed by atoms with Crippen LogP contribution in [0.1, 0.15) is 6.23 Å². The van der Waals surface area contributed by atoms with Crippen LogP contribution < -0.4 is 11.3 Å². The molecule has 0 saturated carbocycles. The van der Waals surface area contributed by atoms with Crippen molar-refractivity contribution in [1.29, 1.82) is 0 Å². The maximum Gasteiger partial charge on any atom is 0.261 e. The zero-order valence-corrected chi connectivity index (χ0v) is 13.0. The smallest absolute Gasteiger partial charge is 0.261 e. The van der Waals surface area contributed by atoms with Crippen LogP contribution in [0.15, 0.2) is 17.1 Å². The van der Waals surface area contributed by atoms with Crippen molar-refractivity contribution in [2.24, 2.45) is 0 Å². The summed E-state index contributed by atoms with van der Waals surface area (Å²) in [5, 5.41) is 22.0. The van der Waals surface area contributed by atoms with Crippen molar-refractivity contribution in [2.45, 2.75) is 23.3 Å². The van der Waals surface area contributed by atoms with E-state index >= 15 is 0 Å². The number of H-pyrrole nitrogens is 1. The van der Waals surface area contributed by atoms with Crippen LogP contribution in [-0.4, -0.2) is 48.4 Å². The van der Waals surface area contributed by atoms with Gasteiger partial charge in [-0.2, -0.15) is 4.98 Å². The van der Waals surface area contributed by atoms with Crippen molar-refractivity contribution in [3.8, 4) is 11.3 Å². The molecule has 1 saturated heterocycles. The molecule has 122 valence electrons. The van der Waals surface area contributed by atoms with Gasteiger partial charge < -0.3 is 25.3 Å². The summed E-state index contributed by atoms with van der Waals surface area (Å²) in [6.07, 6.45) is -1.79. The normalized spacial score (nSPS) is 30.3. The van der Waals surface area contributed by atoms with E-state index in [9.17, 15) is 15.0 Å². The Kier molecular flexibility index (Phi) is 4.00. The van der Waals surface area contributed by atoms with E-state index in [1.54, 1.807) is 0 Å². The molecule has 23 heavy (non-hydrogen) atoms. The fraction of sp³-hybridized carbons (Fsp3) is 0.385. The first kappa shape index (κ1) is 16.1. The Morgan fingerprint density at radius 2 is 2.35 bits per heavy atom. The standard InChI is InChI=1S/C13H12Cl2N4O4/c14-3-2-13(15)8(21)7(5-20)23-11(13)19-4-1-6-9(19)17-12(16)18-10(6)22/h1,4,7-8,11,20-21H,5H2,(H3,16,17,18,22)/t7-,8+,11-,13?/m1/s1. The predicted molar refractivity (Wildman–Crippen MR) is 84.0 cm³/mol. The topological polar surface area (TPSA) is 126 Å². The lowest BCUT2D eigenvalue weighted by molar-refractivity contribution is -0.0435. The van der Waals surface area contributed by atoms with Gasteiger partial charge in [-0.1, -0.05) is 17.5 Å². The number of aromatic nitrogens is 3. The molecular formula is C13H12Cl2N4O4. The fourth-order valence-corrected chi connectivity index (χ4v) is 3.17. The molecule has 1 fully saturated rings. The van der Waals surface area contributed by atoms with Crippen LogP contribution in [-0.2, 0) is 4.74 Å². The lowest BCUT2D eigenvalue weighted by Crippen LogP contribution is -2.41. The second-order valence-corrected chi connectivity index (χ2v) is 5.87. The van der Waals surface area contributed by atoms with Gasteiger partial charge in [0, 0.05) is 11.6 Å². The highest BCUT2D eigenvalue weighted by molar-refractivity contribution is 6.32. The average Bonchev–Trinajstić information content (AvgIpc) is 3.01. The van der Waals surface area contributed by atoms with Gasteiger partial charge >= 0.3 is 0 Å². The maximum atomic E-state index is 11.9. The van der Waals surface area contributed by atoms with Gasteiger partial charge in [0.15, 0.2) is 16.7 Å². The molecule has 0 spiro atoms. The molecule has 2 aromatic rings. The number of anilines is 1. The van der Waals surface area contributed by atoms with Gasteiger partial charge in [-0.25, -0.2) is 0 Å². The van der Waals surface area contributed by atoms with Crippen LogP contribution in [0.3, 0.4) is 0 Å². The minimum Gasteiger partial charge on any atom is -0.394 e. The Bertz CT molecular complexity index is 870. The van der Waals surface area contributed by atoms with Crippen LogP contribution in [0, 0.1) is 11.3 Å². The molecule has 1 unspecified atom stereocenters. The molecule has 0 aliphatic carbocycles. The first-order chi connectivity index (χ1) is 10.9. The molecule has 10 heteroatoms. The second kappa shape index (κ2) is 5.70. The second-order valence-electron chi connectivity index (χ2n) is 5.05. The third-order valence-corrected chi connectivity index (χ3v) is 4.32. The molecule has 0 radical (unpaired) electrons. The van der Waals surface area contributed by atoms with Crippen molar-refractivity contribution in [3.63, 3.8) is 0 Å². The number of alkyl halides is 1. The number of ether oxygens (including phenoxy) is 1. The largest absolute Gasteiger partial charge is 0.394 e. The van der Waals surface area contributed by atoms with E-state index in [0.717, 1.165) is 0 Å². The average molecular weight is 359 g/mol. The zero-order chi connectivity index (χ0) is 16.8. The summed E-state index contributed by atoms with van der Waals surface area (Å²) >= 11 is 11.9. The highest BCUT2D eigenvalue weighted by Crippen LogP contribution is 2.44. The van der Waals surface area contributed by atoms with Crippen molar-refractivity contribution in [1.82, 2.24) is 14.5 Å². The zero-order valence-electron chi connectivity index (χ0n) is 11.5. The SMILES string of the molecule is Nc1nc2c(ccn2[C@@H]2O[C@H](CO)[C@H](O)C2(Cl)C#CCl)c(=O)[nH]1. The molecule has 3 heterocycles. The number of aliphatic hydroxyl groups is 2. The van der Waals surface area contributed by atoms with Crippen molar-refractivity contribution >= 4 is 40.2 Å².